The van der Waals surface area contributed by atoms with Crippen molar-refractivity contribution in [2.24, 2.45) is 0 Å². The van der Waals surface area contributed by atoms with Gasteiger partial charge in [0.2, 0.25) is 5.22 Å². The molecule has 1 heterocycles. The molecule has 1 aromatic heterocycles. The number of hydrogen-bond acceptors (Lipinski definition) is 4. The Balaban J connectivity index is 2.23. The van der Waals surface area contributed by atoms with Crippen LogP contribution in [0.1, 0.15) is 20.7 Å². The highest BCUT2D eigenvalue weighted by atomic mass is 35.5. The van der Waals surface area contributed by atoms with Crippen LogP contribution in [0.2, 0.25) is 5.22 Å². The van der Waals surface area contributed by atoms with E-state index in [4.69, 9.17) is 21.1 Å². The van der Waals surface area contributed by atoms with Crippen molar-refractivity contribution >= 4 is 29.2 Å². The van der Waals surface area contributed by atoms with Crippen LogP contribution in [0.25, 0.3) is 0 Å². The average Bonchev–Trinajstić information content (AvgIpc) is 2.77. The molecule has 0 radical (unpaired) electrons. The monoisotopic (exact) mass is 281 g/mol. The zero-order valence-electron chi connectivity index (χ0n) is 9.38. The number of carbonyl (C=O) groups excluding carboxylic acids is 1. The predicted molar refractivity (Wildman–Crippen MR) is 66.7 cm³/mol. The molecule has 1 aromatic carbocycles. The minimum Gasteiger partial charge on any atom is -0.506 e. The first-order valence-electron chi connectivity index (χ1n) is 5.09. The van der Waals surface area contributed by atoms with Crippen LogP contribution in [0, 0.1) is 0 Å². The first-order valence-corrected chi connectivity index (χ1v) is 5.47. The SMILES string of the molecule is O=C(O)c1ccc(NC(=O)c2ccoc2Cl)c(O)c1. The van der Waals surface area contributed by atoms with Gasteiger partial charge in [-0.15, -0.1) is 0 Å². The molecule has 0 atom stereocenters. The molecule has 0 bridgehead atoms. The van der Waals surface area contributed by atoms with Gasteiger partial charge in [0, 0.05) is 0 Å². The zero-order valence-corrected chi connectivity index (χ0v) is 10.1. The number of nitrogens with one attached hydrogen (secondary N) is 1. The molecule has 7 heteroatoms. The van der Waals surface area contributed by atoms with Gasteiger partial charge in [0.25, 0.3) is 5.91 Å². The van der Waals surface area contributed by atoms with Gasteiger partial charge >= 0.3 is 5.97 Å². The highest BCUT2D eigenvalue weighted by Crippen LogP contribution is 2.26. The predicted octanol–water partition coefficient (Wildman–Crippen LogP) is 2.59. The highest BCUT2D eigenvalue weighted by molar-refractivity contribution is 6.32. The van der Waals surface area contributed by atoms with Crippen LogP contribution < -0.4 is 5.32 Å². The largest absolute Gasteiger partial charge is 0.506 e. The van der Waals surface area contributed by atoms with E-state index in [1.54, 1.807) is 0 Å². The van der Waals surface area contributed by atoms with E-state index in [2.05, 4.69) is 5.32 Å². The standard InChI is InChI=1S/C12H8ClNO5/c13-10-7(3-4-19-10)11(16)14-8-2-1-6(12(17)18)5-9(8)15/h1-5,15H,(H,14,16)(H,17,18). The van der Waals surface area contributed by atoms with Crippen LogP contribution in [-0.4, -0.2) is 22.1 Å². The average molecular weight is 282 g/mol. The quantitative estimate of drug-likeness (QED) is 0.751. The molecule has 0 aliphatic rings. The Labute approximate surface area is 112 Å². The summed E-state index contributed by atoms with van der Waals surface area (Å²) < 4.78 is 4.77. The minimum absolute atomic E-state index is 0.0702. The summed E-state index contributed by atoms with van der Waals surface area (Å²) in [6, 6.07) is 4.95. The molecule has 0 saturated heterocycles. The van der Waals surface area contributed by atoms with Crippen molar-refractivity contribution in [3.63, 3.8) is 0 Å². The van der Waals surface area contributed by atoms with Crippen molar-refractivity contribution in [2.45, 2.75) is 0 Å². The third-order valence-electron chi connectivity index (χ3n) is 2.36. The summed E-state index contributed by atoms with van der Waals surface area (Å²) in [5.41, 5.74) is 0.104. The summed E-state index contributed by atoms with van der Waals surface area (Å²) in [6.45, 7) is 0. The number of amides is 1. The number of anilines is 1. The van der Waals surface area contributed by atoms with Crippen LogP contribution in [0.5, 0.6) is 5.75 Å². The van der Waals surface area contributed by atoms with Crippen LogP contribution in [-0.2, 0) is 0 Å². The highest BCUT2D eigenvalue weighted by Gasteiger charge is 2.15. The molecule has 19 heavy (non-hydrogen) atoms. The Morgan fingerprint density at radius 1 is 1.26 bits per heavy atom. The zero-order chi connectivity index (χ0) is 14.0. The number of benzene rings is 1. The molecule has 0 unspecified atom stereocenters. The van der Waals surface area contributed by atoms with Crippen LogP contribution in [0.15, 0.2) is 34.9 Å². The van der Waals surface area contributed by atoms with Crippen molar-refractivity contribution < 1.29 is 24.2 Å². The number of halogens is 1. The van der Waals surface area contributed by atoms with Crippen LogP contribution in [0.3, 0.4) is 0 Å². The number of aromatic hydroxyl groups is 1. The molecule has 2 rings (SSSR count). The second-order valence-corrected chi connectivity index (χ2v) is 3.94. The summed E-state index contributed by atoms with van der Waals surface area (Å²) in [7, 11) is 0. The van der Waals surface area contributed by atoms with E-state index >= 15 is 0 Å². The van der Waals surface area contributed by atoms with E-state index in [0.29, 0.717) is 0 Å². The summed E-state index contributed by atoms with van der Waals surface area (Å²) in [5.74, 6) is -2.10. The lowest BCUT2D eigenvalue weighted by Crippen LogP contribution is -2.11. The molecule has 0 spiro atoms. The van der Waals surface area contributed by atoms with Crippen molar-refractivity contribution in [1.82, 2.24) is 0 Å². The fourth-order valence-electron chi connectivity index (χ4n) is 1.42. The fraction of sp³-hybridized carbons (Fsp3) is 0. The smallest absolute Gasteiger partial charge is 0.335 e. The molecule has 0 aliphatic carbocycles. The van der Waals surface area contributed by atoms with E-state index in [-0.39, 0.29) is 27.8 Å². The first kappa shape index (κ1) is 13.0. The molecule has 2 aromatic rings. The summed E-state index contributed by atoms with van der Waals surface area (Å²) in [6.07, 6.45) is 1.25. The number of furan rings is 1. The number of aromatic carboxylic acids is 1. The normalized spacial score (nSPS) is 10.2. The number of hydrogen-bond donors (Lipinski definition) is 3. The van der Waals surface area contributed by atoms with Gasteiger partial charge in [0.1, 0.15) is 5.75 Å². The number of carbonyl (C=O) groups is 2. The molecule has 0 fully saturated rings. The van der Waals surface area contributed by atoms with Gasteiger partial charge in [-0.05, 0) is 35.9 Å². The Morgan fingerprint density at radius 3 is 2.53 bits per heavy atom. The Bertz CT molecular complexity index is 649. The summed E-state index contributed by atoms with van der Waals surface area (Å²) >= 11 is 5.64. The minimum atomic E-state index is -1.17. The third-order valence-corrected chi connectivity index (χ3v) is 2.65. The van der Waals surface area contributed by atoms with Crippen LogP contribution >= 0.6 is 11.6 Å². The number of carboxylic acids is 1. The van der Waals surface area contributed by atoms with Gasteiger partial charge < -0.3 is 19.9 Å². The molecular formula is C12H8ClNO5. The van der Waals surface area contributed by atoms with E-state index in [0.717, 1.165) is 6.07 Å². The molecule has 0 aliphatic heterocycles. The fourth-order valence-corrected chi connectivity index (χ4v) is 1.62. The molecule has 0 saturated carbocycles. The molecule has 6 nitrogen and oxygen atoms in total. The maximum atomic E-state index is 11.8. The van der Waals surface area contributed by atoms with E-state index < -0.39 is 11.9 Å². The summed E-state index contributed by atoms with van der Waals surface area (Å²) in [5, 5.41) is 20.7. The molecule has 1 amide bonds. The third kappa shape index (κ3) is 2.69. The Kier molecular flexibility index (Phi) is 3.43. The van der Waals surface area contributed by atoms with Crippen molar-refractivity contribution in [2.75, 3.05) is 5.32 Å². The van der Waals surface area contributed by atoms with Crippen molar-refractivity contribution in [3.05, 3.63) is 46.9 Å². The van der Waals surface area contributed by atoms with Gasteiger partial charge in [-0.1, -0.05) is 0 Å². The van der Waals surface area contributed by atoms with Gasteiger partial charge in [0.15, 0.2) is 0 Å². The Morgan fingerprint density at radius 2 is 2.00 bits per heavy atom. The van der Waals surface area contributed by atoms with Crippen molar-refractivity contribution in [3.8, 4) is 5.75 Å². The summed E-state index contributed by atoms with van der Waals surface area (Å²) in [4.78, 5) is 22.5. The second kappa shape index (κ2) is 5.03. The number of phenols is 1. The van der Waals surface area contributed by atoms with Gasteiger partial charge in [-0.25, -0.2) is 4.79 Å². The lowest BCUT2D eigenvalue weighted by molar-refractivity contribution is 0.0696. The van der Waals surface area contributed by atoms with Gasteiger partial charge in [0.05, 0.1) is 23.1 Å². The first-order chi connectivity index (χ1) is 8.99. The second-order valence-electron chi connectivity index (χ2n) is 3.60. The lowest BCUT2D eigenvalue weighted by Gasteiger charge is -2.07. The number of carboxylic acid groups (broad SMARTS) is 1. The number of phenolic OH excluding ortho intramolecular Hbond substituents is 1. The molecule has 3 N–H and O–H groups in total. The topological polar surface area (TPSA) is 99.8 Å². The number of rotatable bonds is 3. The molecular weight excluding hydrogens is 274 g/mol. The van der Waals surface area contributed by atoms with E-state index in [1.165, 1.54) is 24.5 Å². The van der Waals surface area contributed by atoms with Crippen LogP contribution in [0.4, 0.5) is 5.69 Å². The maximum absolute atomic E-state index is 11.8. The van der Waals surface area contributed by atoms with Gasteiger partial charge in [-0.2, -0.15) is 0 Å². The maximum Gasteiger partial charge on any atom is 0.335 e. The Hall–Kier alpha value is -2.47. The van der Waals surface area contributed by atoms with E-state index in [1.807, 2.05) is 0 Å². The van der Waals surface area contributed by atoms with E-state index in [9.17, 15) is 14.7 Å². The molecule has 98 valence electrons. The lowest BCUT2D eigenvalue weighted by atomic mass is 10.2. The van der Waals surface area contributed by atoms with Crippen molar-refractivity contribution in [1.29, 1.82) is 0 Å². The van der Waals surface area contributed by atoms with Gasteiger partial charge in [-0.3, -0.25) is 4.79 Å².